The van der Waals surface area contributed by atoms with Crippen LogP contribution in [0.15, 0.2) is 41.5 Å². The van der Waals surface area contributed by atoms with Crippen molar-refractivity contribution in [1.82, 2.24) is 15.6 Å². The van der Waals surface area contributed by atoms with Crippen LogP contribution in [0.2, 0.25) is 5.15 Å². The highest BCUT2D eigenvalue weighted by Gasteiger charge is 2.13. The first-order valence-electron chi connectivity index (χ1n) is 9.61. The summed E-state index contributed by atoms with van der Waals surface area (Å²) in [5, 5.41) is 7.23. The van der Waals surface area contributed by atoms with Crippen LogP contribution in [0.25, 0.3) is 0 Å². The van der Waals surface area contributed by atoms with E-state index in [2.05, 4.69) is 52.7 Å². The molecule has 152 valence electrons. The minimum absolute atomic E-state index is 0. The Hall–Kier alpha value is -1.54. The van der Waals surface area contributed by atoms with Crippen LogP contribution in [0.5, 0.6) is 0 Å². The summed E-state index contributed by atoms with van der Waals surface area (Å²) in [6.07, 6.45) is 5.07. The zero-order chi connectivity index (χ0) is 19.1. The van der Waals surface area contributed by atoms with Crippen LogP contribution in [-0.2, 0) is 19.4 Å². The number of aromatic nitrogens is 1. The molecule has 0 radical (unpaired) electrons. The van der Waals surface area contributed by atoms with Gasteiger partial charge in [0.2, 0.25) is 0 Å². The number of nitrogens with one attached hydrogen (secondary N) is 2. The van der Waals surface area contributed by atoms with E-state index in [0.29, 0.717) is 11.7 Å². The number of nitrogens with zero attached hydrogens (tertiary/aromatic N) is 3. The lowest BCUT2D eigenvalue weighted by molar-refractivity contribution is 0.742. The maximum Gasteiger partial charge on any atom is 0.191 e. The molecule has 0 aliphatic carbocycles. The van der Waals surface area contributed by atoms with Gasteiger partial charge >= 0.3 is 0 Å². The highest BCUT2D eigenvalue weighted by Crippen LogP contribution is 2.26. The first-order chi connectivity index (χ1) is 13.2. The third-order valence-electron chi connectivity index (χ3n) is 4.75. The van der Waals surface area contributed by atoms with E-state index in [4.69, 9.17) is 16.6 Å². The lowest BCUT2D eigenvalue weighted by Gasteiger charge is -2.27. The lowest BCUT2D eigenvalue weighted by atomic mass is 10.00. The average molecular weight is 514 g/mol. The Kier molecular flexibility index (Phi) is 9.31. The summed E-state index contributed by atoms with van der Waals surface area (Å²) < 4.78 is 0. The normalized spacial score (nSPS) is 13.5. The molecule has 7 heteroatoms. The van der Waals surface area contributed by atoms with Crippen molar-refractivity contribution in [3.05, 3.63) is 58.4 Å². The fraction of sp³-hybridized carbons (Fsp3) is 0.429. The van der Waals surface area contributed by atoms with Gasteiger partial charge in [-0.1, -0.05) is 29.8 Å². The molecule has 2 aromatic rings. The standard InChI is InChI=1S/C21H28ClN5.HI/c1-3-23-21(24-11-10-16-7-9-20(22)25-14-16)26-15-17-6-8-19-18(13-17)5-4-12-27(19)2;/h6-9,13-14H,3-5,10-12,15H2,1-2H3,(H2,23,24,26);1H. The summed E-state index contributed by atoms with van der Waals surface area (Å²) in [5.74, 6) is 0.842. The van der Waals surface area contributed by atoms with Gasteiger partial charge in [-0.25, -0.2) is 9.98 Å². The monoisotopic (exact) mass is 513 g/mol. The summed E-state index contributed by atoms with van der Waals surface area (Å²) in [6.45, 7) is 5.53. The summed E-state index contributed by atoms with van der Waals surface area (Å²) in [6, 6.07) is 10.5. The molecule has 0 bridgehead atoms. The van der Waals surface area contributed by atoms with Gasteiger partial charge in [0, 0.05) is 38.6 Å². The molecule has 1 aromatic carbocycles. The van der Waals surface area contributed by atoms with Crippen LogP contribution in [0.3, 0.4) is 0 Å². The molecule has 2 N–H and O–H groups in total. The van der Waals surface area contributed by atoms with Crippen LogP contribution in [0, 0.1) is 0 Å². The van der Waals surface area contributed by atoms with Crippen LogP contribution in [0.4, 0.5) is 5.69 Å². The minimum atomic E-state index is 0. The number of rotatable bonds is 6. The van der Waals surface area contributed by atoms with Gasteiger partial charge < -0.3 is 15.5 Å². The smallest absolute Gasteiger partial charge is 0.191 e. The number of hydrogen-bond donors (Lipinski definition) is 2. The van der Waals surface area contributed by atoms with Gasteiger partial charge in [-0.05, 0) is 55.0 Å². The minimum Gasteiger partial charge on any atom is -0.374 e. The second-order valence-electron chi connectivity index (χ2n) is 6.85. The summed E-state index contributed by atoms with van der Waals surface area (Å²) in [7, 11) is 2.17. The molecule has 1 aromatic heterocycles. The van der Waals surface area contributed by atoms with E-state index in [0.717, 1.165) is 44.0 Å². The van der Waals surface area contributed by atoms with Gasteiger partial charge in [0.05, 0.1) is 6.54 Å². The van der Waals surface area contributed by atoms with Gasteiger partial charge in [0.25, 0.3) is 0 Å². The first kappa shape index (κ1) is 22.7. The predicted molar refractivity (Wildman–Crippen MR) is 129 cm³/mol. The highest BCUT2D eigenvalue weighted by molar-refractivity contribution is 14.0. The molecule has 1 aliphatic heterocycles. The number of hydrogen-bond acceptors (Lipinski definition) is 3. The lowest BCUT2D eigenvalue weighted by Crippen LogP contribution is -2.38. The summed E-state index contributed by atoms with van der Waals surface area (Å²) >= 11 is 5.83. The zero-order valence-corrected chi connectivity index (χ0v) is 19.6. The second-order valence-corrected chi connectivity index (χ2v) is 7.24. The van der Waals surface area contributed by atoms with Crippen molar-refractivity contribution < 1.29 is 0 Å². The van der Waals surface area contributed by atoms with Crippen LogP contribution in [0.1, 0.15) is 30.0 Å². The molecular formula is C21H29ClIN5. The Morgan fingerprint density at radius 2 is 2.04 bits per heavy atom. The van der Waals surface area contributed by atoms with Crippen molar-refractivity contribution in [2.75, 3.05) is 31.6 Å². The van der Waals surface area contributed by atoms with E-state index in [9.17, 15) is 0 Å². The van der Waals surface area contributed by atoms with E-state index in [1.54, 1.807) is 0 Å². The molecule has 28 heavy (non-hydrogen) atoms. The summed E-state index contributed by atoms with van der Waals surface area (Å²) in [5.41, 5.74) is 5.20. The fourth-order valence-corrected chi connectivity index (χ4v) is 3.44. The summed E-state index contributed by atoms with van der Waals surface area (Å²) in [4.78, 5) is 11.2. The highest BCUT2D eigenvalue weighted by atomic mass is 127. The molecule has 0 saturated heterocycles. The number of anilines is 1. The average Bonchev–Trinajstić information content (AvgIpc) is 2.68. The molecule has 0 amide bonds. The Balaban J connectivity index is 0.00000280. The molecule has 0 atom stereocenters. The number of guanidine groups is 1. The Bertz CT molecular complexity index is 779. The molecule has 0 spiro atoms. The number of pyridine rings is 1. The SMILES string of the molecule is CCNC(=NCc1ccc2c(c1)CCCN2C)NCCc1ccc(Cl)nc1.I. The van der Waals surface area contributed by atoms with Crippen molar-refractivity contribution in [2.45, 2.75) is 32.7 Å². The molecule has 0 fully saturated rings. The van der Waals surface area contributed by atoms with Crippen molar-refractivity contribution in [3.63, 3.8) is 0 Å². The van der Waals surface area contributed by atoms with Gasteiger partial charge in [-0.2, -0.15) is 0 Å². The largest absolute Gasteiger partial charge is 0.374 e. The quantitative estimate of drug-likeness (QED) is 0.265. The van der Waals surface area contributed by atoms with E-state index in [1.807, 2.05) is 18.3 Å². The van der Waals surface area contributed by atoms with Crippen molar-refractivity contribution >= 4 is 47.2 Å². The second kappa shape index (κ2) is 11.5. The molecule has 0 unspecified atom stereocenters. The van der Waals surface area contributed by atoms with E-state index < -0.39 is 0 Å². The van der Waals surface area contributed by atoms with Crippen LogP contribution >= 0.6 is 35.6 Å². The molecule has 5 nitrogen and oxygen atoms in total. The van der Waals surface area contributed by atoms with Crippen molar-refractivity contribution in [2.24, 2.45) is 4.99 Å². The van der Waals surface area contributed by atoms with E-state index >= 15 is 0 Å². The van der Waals surface area contributed by atoms with Gasteiger partial charge in [-0.15, -0.1) is 24.0 Å². The third kappa shape index (κ3) is 6.51. The van der Waals surface area contributed by atoms with Gasteiger partial charge in [0.15, 0.2) is 5.96 Å². The Labute approximate surface area is 190 Å². The third-order valence-corrected chi connectivity index (χ3v) is 4.98. The van der Waals surface area contributed by atoms with Crippen LogP contribution < -0.4 is 15.5 Å². The number of aryl methyl sites for hydroxylation is 1. The number of halogens is 2. The number of aliphatic imine (C=N–C) groups is 1. The van der Waals surface area contributed by atoms with Gasteiger partial charge in [-0.3, -0.25) is 0 Å². The van der Waals surface area contributed by atoms with Crippen molar-refractivity contribution in [1.29, 1.82) is 0 Å². The predicted octanol–water partition coefficient (Wildman–Crippen LogP) is 4.03. The van der Waals surface area contributed by atoms with Gasteiger partial charge in [0.1, 0.15) is 5.15 Å². The van der Waals surface area contributed by atoms with E-state index in [1.165, 1.54) is 23.2 Å². The zero-order valence-electron chi connectivity index (χ0n) is 16.5. The Morgan fingerprint density at radius 3 is 2.79 bits per heavy atom. The molecule has 0 saturated carbocycles. The molecular weight excluding hydrogens is 485 g/mol. The number of fused-ring (bicyclic) bond motifs is 1. The molecule has 2 heterocycles. The van der Waals surface area contributed by atoms with Crippen molar-refractivity contribution in [3.8, 4) is 0 Å². The maximum absolute atomic E-state index is 5.83. The van der Waals surface area contributed by atoms with E-state index in [-0.39, 0.29) is 24.0 Å². The number of benzene rings is 1. The topological polar surface area (TPSA) is 52.6 Å². The fourth-order valence-electron chi connectivity index (χ4n) is 3.33. The first-order valence-corrected chi connectivity index (χ1v) is 9.99. The molecule has 3 rings (SSSR count). The maximum atomic E-state index is 5.83. The molecule has 1 aliphatic rings. The Morgan fingerprint density at radius 1 is 1.21 bits per heavy atom. The van der Waals surface area contributed by atoms with Crippen LogP contribution in [-0.4, -0.2) is 37.6 Å².